The molecule has 0 unspecified atom stereocenters. The van der Waals surface area contributed by atoms with Gasteiger partial charge in [0.25, 0.3) is 5.91 Å². The van der Waals surface area contributed by atoms with Crippen LogP contribution >= 0.6 is 0 Å². The van der Waals surface area contributed by atoms with Crippen molar-refractivity contribution in [1.82, 2.24) is 14.5 Å². The summed E-state index contributed by atoms with van der Waals surface area (Å²) < 4.78 is 13.5. The van der Waals surface area contributed by atoms with E-state index in [0.29, 0.717) is 37.7 Å². The predicted octanol–water partition coefficient (Wildman–Crippen LogP) is 2.76. The molecule has 1 aliphatic heterocycles. The van der Waals surface area contributed by atoms with Crippen molar-refractivity contribution in [3.05, 3.63) is 24.0 Å². The van der Waals surface area contributed by atoms with Crippen LogP contribution in [0.1, 0.15) is 42.5 Å². The molecule has 4 rings (SSSR count). The van der Waals surface area contributed by atoms with E-state index in [1.807, 2.05) is 28.8 Å². The number of aromatic nitrogens is 2. The zero-order valence-corrected chi connectivity index (χ0v) is 14.7. The van der Waals surface area contributed by atoms with Crippen LogP contribution in [0.4, 0.5) is 0 Å². The van der Waals surface area contributed by atoms with Gasteiger partial charge in [-0.15, -0.1) is 0 Å². The van der Waals surface area contributed by atoms with Crippen LogP contribution in [0, 0.1) is 0 Å². The third-order valence-corrected chi connectivity index (χ3v) is 5.23. The Morgan fingerprint density at radius 3 is 2.76 bits per heavy atom. The maximum atomic E-state index is 12.9. The Labute approximate surface area is 147 Å². The molecule has 0 spiro atoms. The van der Waals surface area contributed by atoms with Crippen LogP contribution in [0.2, 0.25) is 0 Å². The van der Waals surface area contributed by atoms with Gasteiger partial charge >= 0.3 is 0 Å². The lowest BCUT2D eigenvalue weighted by Gasteiger charge is -2.27. The highest BCUT2D eigenvalue weighted by atomic mass is 16.5. The van der Waals surface area contributed by atoms with Gasteiger partial charge in [0.15, 0.2) is 0 Å². The monoisotopic (exact) mass is 343 g/mol. The third kappa shape index (κ3) is 3.23. The van der Waals surface area contributed by atoms with E-state index in [1.54, 1.807) is 6.20 Å². The van der Waals surface area contributed by atoms with E-state index in [2.05, 4.69) is 4.98 Å². The van der Waals surface area contributed by atoms with Gasteiger partial charge in [-0.05, 0) is 31.7 Å². The number of carbonyl (C=O) groups is 1. The molecule has 0 radical (unpaired) electrons. The maximum Gasteiger partial charge on any atom is 0.257 e. The van der Waals surface area contributed by atoms with Crippen molar-refractivity contribution in [3.63, 3.8) is 0 Å². The van der Waals surface area contributed by atoms with Gasteiger partial charge in [0.1, 0.15) is 6.10 Å². The Kier molecular flexibility index (Phi) is 4.61. The Morgan fingerprint density at radius 1 is 1.24 bits per heavy atom. The first-order valence-electron chi connectivity index (χ1n) is 9.22. The summed E-state index contributed by atoms with van der Waals surface area (Å²) in [5.41, 5.74) is 1.54. The molecule has 0 N–H and O–H groups in total. The largest absolute Gasteiger partial charge is 0.474 e. The Bertz CT molecular complexity index is 759. The predicted molar refractivity (Wildman–Crippen MR) is 94.9 cm³/mol. The number of pyridine rings is 1. The van der Waals surface area contributed by atoms with Gasteiger partial charge in [-0.3, -0.25) is 4.79 Å². The van der Waals surface area contributed by atoms with Crippen LogP contribution in [0.15, 0.2) is 18.5 Å². The normalized spacial score (nSPS) is 19.3. The Hall–Kier alpha value is -2.08. The molecule has 1 amide bonds. The molecule has 25 heavy (non-hydrogen) atoms. The molecule has 0 aromatic carbocycles. The first kappa shape index (κ1) is 16.4. The lowest BCUT2D eigenvalue weighted by Crippen LogP contribution is -2.40. The van der Waals surface area contributed by atoms with Crippen molar-refractivity contribution in [2.75, 3.05) is 26.3 Å². The summed E-state index contributed by atoms with van der Waals surface area (Å²) >= 11 is 0. The molecule has 3 heterocycles. The van der Waals surface area contributed by atoms with Crippen LogP contribution in [0.3, 0.4) is 0 Å². The standard InChI is InChI=1S/C19H25N3O3/c1-21-8-7-15-17(21)16(19(23)22-9-11-24-12-10-22)13-20-18(15)25-14-5-3-2-4-6-14/h7-8,13-14H,2-6,9-12H2,1H3. The van der Waals surface area contributed by atoms with Crippen molar-refractivity contribution < 1.29 is 14.3 Å². The minimum Gasteiger partial charge on any atom is -0.474 e. The molecule has 1 aliphatic carbocycles. The summed E-state index contributed by atoms with van der Waals surface area (Å²) in [7, 11) is 1.96. The van der Waals surface area contributed by atoms with Gasteiger partial charge in [0.05, 0.1) is 29.7 Å². The molecule has 6 nitrogen and oxygen atoms in total. The van der Waals surface area contributed by atoms with Gasteiger partial charge in [-0.2, -0.15) is 0 Å². The Balaban J connectivity index is 1.66. The summed E-state index contributed by atoms with van der Waals surface area (Å²) in [6.45, 7) is 2.45. The van der Waals surface area contributed by atoms with Gasteiger partial charge in [0.2, 0.25) is 5.88 Å². The van der Waals surface area contributed by atoms with Crippen LogP contribution in [-0.2, 0) is 11.8 Å². The number of ether oxygens (including phenoxy) is 2. The van der Waals surface area contributed by atoms with Gasteiger partial charge < -0.3 is 18.9 Å². The summed E-state index contributed by atoms with van der Waals surface area (Å²) in [5, 5.41) is 0.923. The number of nitrogens with zero attached hydrogens (tertiary/aromatic N) is 3. The van der Waals surface area contributed by atoms with E-state index in [9.17, 15) is 4.79 Å². The number of rotatable bonds is 3. The minimum atomic E-state index is 0.0202. The number of aryl methyl sites for hydroxylation is 1. The van der Waals surface area contributed by atoms with E-state index in [0.717, 1.165) is 23.7 Å². The number of morpholine rings is 1. The minimum absolute atomic E-state index is 0.0202. The molecule has 6 heteroatoms. The van der Waals surface area contributed by atoms with Crippen molar-refractivity contribution in [3.8, 4) is 5.88 Å². The summed E-state index contributed by atoms with van der Waals surface area (Å²) in [4.78, 5) is 19.3. The summed E-state index contributed by atoms with van der Waals surface area (Å²) in [6.07, 6.45) is 9.79. The zero-order valence-electron chi connectivity index (χ0n) is 14.7. The van der Waals surface area contributed by atoms with Crippen molar-refractivity contribution >= 4 is 16.8 Å². The highest BCUT2D eigenvalue weighted by Gasteiger charge is 2.24. The number of hydrogen-bond acceptors (Lipinski definition) is 4. The van der Waals surface area contributed by atoms with E-state index in [4.69, 9.17) is 9.47 Å². The molecule has 2 aromatic rings. The number of carbonyl (C=O) groups excluding carboxylic acids is 1. The molecular weight excluding hydrogens is 318 g/mol. The molecule has 1 saturated heterocycles. The second-order valence-electron chi connectivity index (χ2n) is 6.95. The molecule has 2 aliphatic rings. The smallest absolute Gasteiger partial charge is 0.257 e. The highest BCUT2D eigenvalue weighted by molar-refractivity contribution is 6.06. The van der Waals surface area contributed by atoms with Crippen molar-refractivity contribution in [1.29, 1.82) is 0 Å². The first-order valence-corrected chi connectivity index (χ1v) is 9.22. The molecule has 134 valence electrons. The van der Waals surface area contributed by atoms with E-state index in [-0.39, 0.29) is 12.0 Å². The summed E-state index contributed by atoms with van der Waals surface area (Å²) in [6, 6.07) is 2.00. The van der Waals surface area contributed by atoms with Crippen molar-refractivity contribution in [2.24, 2.45) is 7.05 Å². The average molecular weight is 343 g/mol. The van der Waals surface area contributed by atoms with Crippen LogP contribution in [0.25, 0.3) is 10.9 Å². The lowest BCUT2D eigenvalue weighted by atomic mass is 9.98. The summed E-state index contributed by atoms with van der Waals surface area (Å²) in [5.74, 6) is 0.674. The number of fused-ring (bicyclic) bond motifs is 1. The fraction of sp³-hybridized carbons (Fsp3) is 0.579. The molecule has 0 atom stereocenters. The van der Waals surface area contributed by atoms with E-state index >= 15 is 0 Å². The fourth-order valence-electron chi connectivity index (χ4n) is 3.82. The second-order valence-corrected chi connectivity index (χ2v) is 6.95. The third-order valence-electron chi connectivity index (χ3n) is 5.23. The van der Waals surface area contributed by atoms with E-state index in [1.165, 1.54) is 19.3 Å². The molecule has 2 fully saturated rings. The molecule has 2 aromatic heterocycles. The first-order chi connectivity index (χ1) is 12.2. The van der Waals surface area contributed by atoms with Crippen molar-refractivity contribution in [2.45, 2.75) is 38.2 Å². The molecule has 0 bridgehead atoms. The van der Waals surface area contributed by atoms with E-state index < -0.39 is 0 Å². The van der Waals surface area contributed by atoms with Gasteiger partial charge in [-0.1, -0.05) is 6.42 Å². The number of amides is 1. The average Bonchev–Trinajstić information content (AvgIpc) is 3.06. The Morgan fingerprint density at radius 2 is 2.00 bits per heavy atom. The highest BCUT2D eigenvalue weighted by Crippen LogP contribution is 2.31. The quantitative estimate of drug-likeness (QED) is 0.860. The van der Waals surface area contributed by atoms with Crippen LogP contribution in [-0.4, -0.2) is 52.8 Å². The van der Waals surface area contributed by atoms with Crippen LogP contribution < -0.4 is 4.74 Å². The number of hydrogen-bond donors (Lipinski definition) is 0. The zero-order chi connectivity index (χ0) is 17.2. The second kappa shape index (κ2) is 7.04. The maximum absolute atomic E-state index is 12.9. The SMILES string of the molecule is Cn1ccc2c(OC3CCCCC3)ncc(C(=O)N3CCOCC3)c21. The fourth-order valence-corrected chi connectivity index (χ4v) is 3.82. The van der Waals surface area contributed by atoms with Gasteiger partial charge in [0, 0.05) is 32.5 Å². The van der Waals surface area contributed by atoms with Gasteiger partial charge in [-0.25, -0.2) is 4.98 Å². The topological polar surface area (TPSA) is 56.6 Å². The van der Waals surface area contributed by atoms with Crippen LogP contribution in [0.5, 0.6) is 5.88 Å². The lowest BCUT2D eigenvalue weighted by molar-refractivity contribution is 0.0303. The molecular formula is C19H25N3O3. The molecule has 1 saturated carbocycles.